The van der Waals surface area contributed by atoms with Crippen LogP contribution >= 0.6 is 35.1 Å². The van der Waals surface area contributed by atoms with Gasteiger partial charge < -0.3 is 20.7 Å². The number of morpholine rings is 1. The molecule has 148 valence electrons. The molecule has 1 saturated heterocycles. The summed E-state index contributed by atoms with van der Waals surface area (Å²) in [5.74, 6) is -0.181. The Bertz CT molecular complexity index is 808. The molecule has 1 aliphatic heterocycles. The minimum absolute atomic E-state index is 0. The normalized spacial score (nSPS) is 19.2. The first-order valence-electron chi connectivity index (χ1n) is 8.41. The lowest BCUT2D eigenvalue weighted by atomic mass is 10.1. The van der Waals surface area contributed by atoms with Crippen LogP contribution in [-0.2, 0) is 20.9 Å². The average Bonchev–Trinajstić information content (AvgIpc) is 3.19. The summed E-state index contributed by atoms with van der Waals surface area (Å²) in [7, 11) is 0. The summed E-state index contributed by atoms with van der Waals surface area (Å²) in [4.78, 5) is 31.2. The molecule has 2 aromatic heterocycles. The fraction of sp³-hybridized carbons (Fsp3) is 0.471. The van der Waals surface area contributed by atoms with Crippen molar-refractivity contribution in [3.63, 3.8) is 0 Å². The van der Waals surface area contributed by atoms with Crippen molar-refractivity contribution in [1.82, 2.24) is 15.6 Å². The summed E-state index contributed by atoms with van der Waals surface area (Å²) < 4.78 is 5.52. The Balaban J connectivity index is 0.00000261. The van der Waals surface area contributed by atoms with Gasteiger partial charge in [-0.1, -0.05) is 0 Å². The van der Waals surface area contributed by atoms with Crippen molar-refractivity contribution in [2.75, 3.05) is 18.5 Å². The highest BCUT2D eigenvalue weighted by Crippen LogP contribution is 2.34. The number of ether oxygens (including phenoxy) is 1. The molecule has 2 atom stereocenters. The molecule has 0 bridgehead atoms. The summed E-state index contributed by atoms with van der Waals surface area (Å²) in [6.45, 7) is 7.16. The number of nitrogens with one attached hydrogen (secondary N) is 3. The number of thiazole rings is 1. The number of carbonyl (C=O) groups is 2. The number of hydrogen-bond acceptors (Lipinski definition) is 7. The lowest BCUT2D eigenvalue weighted by Gasteiger charge is -2.28. The van der Waals surface area contributed by atoms with Gasteiger partial charge in [0.1, 0.15) is 6.04 Å². The summed E-state index contributed by atoms with van der Waals surface area (Å²) in [5, 5.41) is 9.44. The molecule has 0 saturated carbocycles. The monoisotopic (exact) mass is 430 g/mol. The Labute approximate surface area is 172 Å². The maximum atomic E-state index is 12.5. The number of hydrogen-bond donors (Lipinski definition) is 3. The molecule has 0 aromatic carbocycles. The molecule has 2 aromatic rings. The lowest BCUT2D eigenvalue weighted by Crippen LogP contribution is -2.53. The largest absolute Gasteiger partial charge is 0.375 e. The van der Waals surface area contributed by atoms with Crippen molar-refractivity contribution < 1.29 is 14.3 Å². The van der Waals surface area contributed by atoms with Crippen LogP contribution in [-0.4, -0.2) is 42.1 Å². The molecule has 0 spiro atoms. The third-order valence-corrected chi connectivity index (χ3v) is 6.01. The van der Waals surface area contributed by atoms with Crippen LogP contribution in [0.4, 0.5) is 5.13 Å². The number of amides is 2. The first-order valence-corrected chi connectivity index (χ1v) is 10.0. The fourth-order valence-electron chi connectivity index (χ4n) is 2.70. The Hall–Kier alpha value is -1.52. The Kier molecular flexibility index (Phi) is 7.75. The molecule has 2 amide bonds. The van der Waals surface area contributed by atoms with E-state index in [2.05, 4.69) is 20.9 Å². The highest BCUT2D eigenvalue weighted by molar-refractivity contribution is 7.18. The molecule has 1 aliphatic rings. The Morgan fingerprint density at radius 1 is 1.37 bits per heavy atom. The molecular formula is C17H23ClN4O3S2. The number of aryl methyl sites for hydroxylation is 1. The minimum Gasteiger partial charge on any atom is -0.375 e. The zero-order chi connectivity index (χ0) is 18.7. The van der Waals surface area contributed by atoms with Gasteiger partial charge in [0, 0.05) is 23.2 Å². The van der Waals surface area contributed by atoms with E-state index >= 15 is 0 Å². The van der Waals surface area contributed by atoms with E-state index in [9.17, 15) is 9.59 Å². The smallest absolute Gasteiger partial charge is 0.245 e. The summed E-state index contributed by atoms with van der Waals surface area (Å²) in [6, 6.07) is 3.61. The summed E-state index contributed by atoms with van der Waals surface area (Å²) in [6.07, 6.45) is -0.169. The molecule has 3 rings (SSSR count). The number of rotatable bonds is 5. The highest BCUT2D eigenvalue weighted by atomic mass is 35.5. The second-order valence-electron chi connectivity index (χ2n) is 6.10. The van der Waals surface area contributed by atoms with E-state index in [1.165, 1.54) is 18.3 Å². The van der Waals surface area contributed by atoms with Gasteiger partial charge in [-0.25, -0.2) is 4.98 Å². The van der Waals surface area contributed by atoms with E-state index in [1.807, 2.05) is 26.0 Å². The topological polar surface area (TPSA) is 92.4 Å². The van der Waals surface area contributed by atoms with Gasteiger partial charge in [-0.3, -0.25) is 9.59 Å². The molecule has 3 N–H and O–H groups in total. The van der Waals surface area contributed by atoms with Crippen molar-refractivity contribution in [2.24, 2.45) is 0 Å². The molecule has 0 radical (unpaired) electrons. The molecular weight excluding hydrogens is 408 g/mol. The van der Waals surface area contributed by atoms with Gasteiger partial charge in [0.15, 0.2) is 5.13 Å². The number of anilines is 1. The zero-order valence-corrected chi connectivity index (χ0v) is 17.8. The first-order chi connectivity index (χ1) is 12.4. The van der Waals surface area contributed by atoms with Gasteiger partial charge in [0.25, 0.3) is 0 Å². The number of halogens is 1. The van der Waals surface area contributed by atoms with Crippen LogP contribution in [0.1, 0.15) is 23.6 Å². The quantitative estimate of drug-likeness (QED) is 0.677. The predicted molar refractivity (Wildman–Crippen MR) is 111 cm³/mol. The minimum atomic E-state index is -0.373. The van der Waals surface area contributed by atoms with Gasteiger partial charge in [-0.05, 0) is 26.0 Å². The van der Waals surface area contributed by atoms with Gasteiger partial charge in [-0.2, -0.15) is 0 Å². The molecule has 1 fully saturated rings. The van der Waals surface area contributed by atoms with E-state index < -0.39 is 0 Å². The standard InChI is InChI=1S/C17H22N4O3S2.ClH/c1-9-14(18-6-7-24-9)16(23)21-17-20-15(10(2)25-17)13-5-4-12(26-13)8-19-11(3)22;/h4-5,9,14,18H,6-8H2,1-3H3,(H,19,22)(H,20,21,23);1H/t9-,14+;/m1./s1. The van der Waals surface area contributed by atoms with Crippen LogP contribution in [0, 0.1) is 6.92 Å². The second-order valence-corrected chi connectivity index (χ2v) is 8.47. The van der Waals surface area contributed by atoms with Crippen LogP contribution in [0.3, 0.4) is 0 Å². The predicted octanol–water partition coefficient (Wildman–Crippen LogP) is 2.55. The maximum Gasteiger partial charge on any atom is 0.245 e. The number of aromatic nitrogens is 1. The molecule has 10 heteroatoms. The van der Waals surface area contributed by atoms with Crippen molar-refractivity contribution in [1.29, 1.82) is 0 Å². The van der Waals surface area contributed by atoms with Crippen molar-refractivity contribution >= 4 is 52.0 Å². The van der Waals surface area contributed by atoms with Crippen molar-refractivity contribution in [3.8, 4) is 10.6 Å². The molecule has 27 heavy (non-hydrogen) atoms. The SMILES string of the molecule is CC(=O)NCc1ccc(-c2nc(NC(=O)[C@H]3NCCO[C@@H]3C)sc2C)s1.Cl. The number of carbonyl (C=O) groups excluding carboxylic acids is 2. The third-order valence-electron chi connectivity index (χ3n) is 4.03. The van der Waals surface area contributed by atoms with Crippen LogP contribution in [0.25, 0.3) is 10.6 Å². The van der Waals surface area contributed by atoms with Crippen molar-refractivity contribution in [3.05, 3.63) is 21.9 Å². The van der Waals surface area contributed by atoms with E-state index in [4.69, 9.17) is 4.74 Å². The third kappa shape index (κ3) is 5.49. The van der Waals surface area contributed by atoms with Crippen molar-refractivity contribution in [2.45, 2.75) is 39.5 Å². The highest BCUT2D eigenvalue weighted by Gasteiger charge is 2.29. The van der Waals surface area contributed by atoms with Gasteiger partial charge in [-0.15, -0.1) is 35.1 Å². The molecule has 0 aliphatic carbocycles. The Morgan fingerprint density at radius 2 is 2.15 bits per heavy atom. The van der Waals surface area contributed by atoms with E-state index in [-0.39, 0.29) is 36.4 Å². The number of nitrogens with zero attached hydrogens (tertiary/aromatic N) is 1. The average molecular weight is 431 g/mol. The van der Waals surface area contributed by atoms with Crippen LogP contribution in [0.15, 0.2) is 12.1 Å². The second kappa shape index (κ2) is 9.61. The zero-order valence-electron chi connectivity index (χ0n) is 15.3. The maximum absolute atomic E-state index is 12.5. The van der Waals surface area contributed by atoms with E-state index in [0.29, 0.717) is 24.8 Å². The summed E-state index contributed by atoms with van der Waals surface area (Å²) in [5.41, 5.74) is 0.866. The van der Waals surface area contributed by atoms with Gasteiger partial charge in [0.05, 0.1) is 29.8 Å². The first kappa shape index (κ1) is 21.8. The van der Waals surface area contributed by atoms with Crippen LogP contribution in [0.2, 0.25) is 0 Å². The van der Waals surface area contributed by atoms with Crippen LogP contribution in [0.5, 0.6) is 0 Å². The lowest BCUT2D eigenvalue weighted by molar-refractivity contribution is -0.123. The molecule has 0 unspecified atom stereocenters. The van der Waals surface area contributed by atoms with E-state index in [0.717, 1.165) is 20.3 Å². The molecule has 3 heterocycles. The molecule has 7 nitrogen and oxygen atoms in total. The van der Waals surface area contributed by atoms with Gasteiger partial charge in [0.2, 0.25) is 11.8 Å². The Morgan fingerprint density at radius 3 is 2.85 bits per heavy atom. The fourth-order valence-corrected chi connectivity index (χ4v) is 4.59. The summed E-state index contributed by atoms with van der Waals surface area (Å²) >= 11 is 3.04. The van der Waals surface area contributed by atoms with Gasteiger partial charge >= 0.3 is 0 Å². The van der Waals surface area contributed by atoms with Crippen LogP contribution < -0.4 is 16.0 Å². The number of thiophene rings is 1. The van der Waals surface area contributed by atoms with E-state index in [1.54, 1.807) is 11.3 Å².